The van der Waals surface area contributed by atoms with Crippen LogP contribution in [0.25, 0.3) is 0 Å². The zero-order valence-corrected chi connectivity index (χ0v) is 19.4. The molecule has 0 unspecified atom stereocenters. The number of aryl methyl sites for hydroxylation is 3. The van der Waals surface area contributed by atoms with Gasteiger partial charge in [-0.05, 0) is 74.1 Å². The Balaban J connectivity index is 1.55. The molecule has 0 spiro atoms. The number of carbonyl (C=O) groups excluding carboxylic acids is 2. The molecule has 2 aromatic carbocycles. The number of piperidine rings is 1. The zero-order valence-electron chi connectivity index (χ0n) is 18.6. The highest BCUT2D eigenvalue weighted by atomic mass is 32.2. The lowest BCUT2D eigenvalue weighted by atomic mass is 10.0. The number of amides is 2. The number of anilines is 2. The van der Waals surface area contributed by atoms with Crippen LogP contribution in [0.4, 0.5) is 11.4 Å². The van der Waals surface area contributed by atoms with E-state index in [0.29, 0.717) is 25.2 Å². The quantitative estimate of drug-likeness (QED) is 0.749. The first-order valence-electron chi connectivity index (χ1n) is 11.1. The lowest BCUT2D eigenvalue weighted by molar-refractivity contribution is -0.121. The summed E-state index contributed by atoms with van der Waals surface area (Å²) >= 11 is 0. The molecule has 170 valence electrons. The number of hydrogen-bond acceptors (Lipinski definition) is 4. The molecule has 2 amide bonds. The van der Waals surface area contributed by atoms with Crippen molar-refractivity contribution in [2.24, 2.45) is 0 Å². The van der Waals surface area contributed by atoms with Gasteiger partial charge in [0.2, 0.25) is 21.8 Å². The fourth-order valence-electron chi connectivity index (χ4n) is 4.33. The Kier molecular flexibility index (Phi) is 6.35. The number of sulfonamides is 1. The Bertz CT molecular complexity index is 1150. The van der Waals surface area contributed by atoms with E-state index in [0.717, 1.165) is 41.6 Å². The first-order chi connectivity index (χ1) is 15.3. The fourth-order valence-corrected chi connectivity index (χ4v) is 5.90. The largest absolute Gasteiger partial charge is 0.324 e. The van der Waals surface area contributed by atoms with Crippen LogP contribution >= 0.6 is 0 Å². The van der Waals surface area contributed by atoms with Crippen molar-refractivity contribution in [1.82, 2.24) is 4.31 Å². The Morgan fingerprint density at radius 1 is 1.00 bits per heavy atom. The molecule has 0 aromatic heterocycles. The molecule has 1 saturated heterocycles. The zero-order chi connectivity index (χ0) is 22.9. The van der Waals surface area contributed by atoms with E-state index in [1.54, 1.807) is 22.5 Å². The van der Waals surface area contributed by atoms with E-state index in [9.17, 15) is 18.0 Å². The fraction of sp³-hybridized carbons (Fsp3) is 0.417. The molecular formula is C24H29N3O4S. The van der Waals surface area contributed by atoms with Gasteiger partial charge in [0.25, 0.3) is 0 Å². The van der Waals surface area contributed by atoms with Gasteiger partial charge in [0.05, 0.1) is 4.90 Å². The van der Waals surface area contributed by atoms with Crippen molar-refractivity contribution >= 4 is 33.2 Å². The SMILES string of the molecule is Cc1ccc(C)c(NC(=O)CN2C(=O)CCc3cc(S(=O)(=O)N4CCCCC4)ccc32)c1. The van der Waals surface area contributed by atoms with Crippen LogP contribution in [0.1, 0.15) is 42.4 Å². The van der Waals surface area contributed by atoms with Gasteiger partial charge in [-0.2, -0.15) is 4.31 Å². The minimum absolute atomic E-state index is 0.114. The monoisotopic (exact) mass is 455 g/mol. The topological polar surface area (TPSA) is 86.8 Å². The van der Waals surface area contributed by atoms with Gasteiger partial charge in [0, 0.05) is 30.9 Å². The Morgan fingerprint density at radius 2 is 1.75 bits per heavy atom. The molecule has 0 aliphatic carbocycles. The number of carbonyl (C=O) groups is 2. The van der Waals surface area contributed by atoms with E-state index >= 15 is 0 Å². The summed E-state index contributed by atoms with van der Waals surface area (Å²) in [6.07, 6.45) is 3.52. The van der Waals surface area contributed by atoms with Gasteiger partial charge >= 0.3 is 0 Å². The Hall–Kier alpha value is -2.71. The molecule has 1 fully saturated rings. The van der Waals surface area contributed by atoms with Crippen molar-refractivity contribution < 1.29 is 18.0 Å². The summed E-state index contributed by atoms with van der Waals surface area (Å²) in [7, 11) is -3.55. The summed E-state index contributed by atoms with van der Waals surface area (Å²) in [5.74, 6) is -0.426. The van der Waals surface area contributed by atoms with Crippen molar-refractivity contribution in [1.29, 1.82) is 0 Å². The number of nitrogens with zero attached hydrogens (tertiary/aromatic N) is 2. The predicted octanol–water partition coefficient (Wildman–Crippen LogP) is 3.40. The summed E-state index contributed by atoms with van der Waals surface area (Å²) in [5, 5.41) is 2.89. The lowest BCUT2D eigenvalue weighted by Crippen LogP contribution is -2.41. The minimum atomic E-state index is -3.55. The molecule has 1 N–H and O–H groups in total. The third-order valence-corrected chi connectivity index (χ3v) is 8.07. The number of fused-ring (bicyclic) bond motifs is 1. The molecule has 4 rings (SSSR count). The van der Waals surface area contributed by atoms with E-state index in [1.165, 1.54) is 4.90 Å². The van der Waals surface area contributed by atoms with Crippen LogP contribution in [0, 0.1) is 13.8 Å². The lowest BCUT2D eigenvalue weighted by Gasteiger charge is -2.30. The summed E-state index contributed by atoms with van der Waals surface area (Å²) < 4.78 is 27.6. The number of rotatable bonds is 5. The third kappa shape index (κ3) is 4.56. The number of benzene rings is 2. The average Bonchev–Trinajstić information content (AvgIpc) is 2.78. The minimum Gasteiger partial charge on any atom is -0.324 e. The van der Waals surface area contributed by atoms with Gasteiger partial charge in [-0.15, -0.1) is 0 Å². The molecule has 2 aromatic rings. The van der Waals surface area contributed by atoms with Crippen molar-refractivity contribution in [3.63, 3.8) is 0 Å². The molecule has 2 heterocycles. The van der Waals surface area contributed by atoms with E-state index < -0.39 is 10.0 Å². The summed E-state index contributed by atoms with van der Waals surface area (Å²) in [4.78, 5) is 27.1. The van der Waals surface area contributed by atoms with Crippen LogP contribution in [-0.2, 0) is 26.0 Å². The standard InChI is InChI=1S/C24H29N3O4S/c1-17-6-7-18(2)21(14-17)25-23(28)16-27-22-10-9-20(15-19(22)8-11-24(27)29)32(30,31)26-12-4-3-5-13-26/h6-7,9-10,14-15H,3-5,8,11-13,16H2,1-2H3,(H,25,28). The van der Waals surface area contributed by atoms with Gasteiger partial charge in [-0.1, -0.05) is 18.6 Å². The van der Waals surface area contributed by atoms with Gasteiger partial charge in [-0.3, -0.25) is 9.59 Å². The van der Waals surface area contributed by atoms with E-state index in [-0.39, 0.29) is 29.7 Å². The van der Waals surface area contributed by atoms with Crippen molar-refractivity contribution in [3.8, 4) is 0 Å². The second-order valence-electron chi connectivity index (χ2n) is 8.60. The molecule has 32 heavy (non-hydrogen) atoms. The van der Waals surface area contributed by atoms with Crippen molar-refractivity contribution in [2.75, 3.05) is 29.9 Å². The van der Waals surface area contributed by atoms with Crippen LogP contribution in [0.5, 0.6) is 0 Å². The maximum absolute atomic E-state index is 13.0. The first kappa shape index (κ1) is 22.5. The van der Waals surface area contributed by atoms with Crippen LogP contribution in [0.3, 0.4) is 0 Å². The van der Waals surface area contributed by atoms with Crippen molar-refractivity contribution in [2.45, 2.75) is 50.8 Å². The first-order valence-corrected chi connectivity index (χ1v) is 12.5. The molecule has 2 aliphatic rings. The summed E-state index contributed by atoms with van der Waals surface area (Å²) in [6.45, 7) is 4.85. The van der Waals surface area contributed by atoms with E-state index in [1.807, 2.05) is 32.0 Å². The summed E-state index contributed by atoms with van der Waals surface area (Å²) in [5.41, 5.74) is 4.09. The molecule has 0 radical (unpaired) electrons. The number of nitrogens with one attached hydrogen (secondary N) is 1. The molecule has 7 nitrogen and oxygen atoms in total. The van der Waals surface area contributed by atoms with Crippen LogP contribution in [0.2, 0.25) is 0 Å². The maximum atomic E-state index is 13.0. The molecule has 0 bridgehead atoms. The van der Waals surface area contributed by atoms with Gasteiger partial charge < -0.3 is 10.2 Å². The van der Waals surface area contributed by atoms with Crippen LogP contribution < -0.4 is 10.2 Å². The van der Waals surface area contributed by atoms with E-state index in [4.69, 9.17) is 0 Å². The van der Waals surface area contributed by atoms with Gasteiger partial charge in [0.15, 0.2) is 0 Å². The average molecular weight is 456 g/mol. The normalized spacial score (nSPS) is 17.2. The second-order valence-corrected chi connectivity index (χ2v) is 10.5. The maximum Gasteiger partial charge on any atom is 0.244 e. The predicted molar refractivity (Wildman–Crippen MR) is 124 cm³/mol. The second kappa shape index (κ2) is 9.03. The molecule has 0 atom stereocenters. The van der Waals surface area contributed by atoms with E-state index in [2.05, 4.69) is 5.32 Å². The Labute approximate surface area is 189 Å². The molecular weight excluding hydrogens is 426 g/mol. The van der Waals surface area contributed by atoms with Gasteiger partial charge in [0.1, 0.15) is 6.54 Å². The summed E-state index contributed by atoms with van der Waals surface area (Å²) in [6, 6.07) is 10.7. The molecule has 8 heteroatoms. The van der Waals surface area contributed by atoms with Crippen molar-refractivity contribution in [3.05, 3.63) is 53.1 Å². The highest BCUT2D eigenvalue weighted by Gasteiger charge is 2.30. The van der Waals surface area contributed by atoms with Crippen LogP contribution in [-0.4, -0.2) is 44.2 Å². The highest BCUT2D eigenvalue weighted by Crippen LogP contribution is 2.31. The number of hydrogen-bond donors (Lipinski definition) is 1. The van der Waals surface area contributed by atoms with Crippen LogP contribution in [0.15, 0.2) is 41.3 Å². The van der Waals surface area contributed by atoms with Gasteiger partial charge in [-0.25, -0.2) is 8.42 Å². The molecule has 0 saturated carbocycles. The third-order valence-electron chi connectivity index (χ3n) is 6.17. The Morgan fingerprint density at radius 3 is 2.50 bits per heavy atom. The smallest absolute Gasteiger partial charge is 0.244 e. The molecule has 2 aliphatic heterocycles. The highest BCUT2D eigenvalue weighted by molar-refractivity contribution is 7.89.